The Hall–Kier alpha value is -1.68. The second-order valence-corrected chi connectivity index (χ2v) is 5.31. The predicted octanol–water partition coefficient (Wildman–Crippen LogP) is 1.87. The maximum Gasteiger partial charge on any atom is 0.325 e. The molecular weight excluding hydrogens is 242 g/mol. The van der Waals surface area contributed by atoms with Gasteiger partial charge in [0.15, 0.2) is 0 Å². The van der Waals surface area contributed by atoms with E-state index in [2.05, 4.69) is 0 Å². The van der Waals surface area contributed by atoms with Crippen LogP contribution in [-0.4, -0.2) is 22.4 Å². The van der Waals surface area contributed by atoms with E-state index in [1.165, 1.54) is 6.92 Å². The maximum atomic E-state index is 12.3. The first-order valence-corrected chi connectivity index (χ1v) is 6.54. The molecule has 2 unspecified atom stereocenters. The molecule has 0 saturated heterocycles. The lowest BCUT2D eigenvalue weighted by Gasteiger charge is -2.47. The van der Waals surface area contributed by atoms with Crippen LogP contribution in [0.15, 0.2) is 30.3 Å². The van der Waals surface area contributed by atoms with Gasteiger partial charge in [0.1, 0.15) is 11.3 Å². The van der Waals surface area contributed by atoms with Gasteiger partial charge >= 0.3 is 5.97 Å². The van der Waals surface area contributed by atoms with E-state index in [1.54, 1.807) is 12.1 Å². The van der Waals surface area contributed by atoms with Crippen molar-refractivity contribution in [1.29, 1.82) is 0 Å². The minimum Gasteiger partial charge on any atom is -0.480 e. The highest BCUT2D eigenvalue weighted by molar-refractivity contribution is 5.98. The number of aliphatic carboxylic acids is 1. The van der Waals surface area contributed by atoms with Gasteiger partial charge in [-0.15, -0.1) is 0 Å². The van der Waals surface area contributed by atoms with Crippen molar-refractivity contribution < 1.29 is 14.7 Å². The number of Topliss-reactive ketones (excluding diaryl/α,β-unsaturated/α-hetero) is 1. The third-order valence-corrected chi connectivity index (χ3v) is 4.38. The normalized spacial score (nSPS) is 30.8. The molecule has 0 amide bonds. The van der Waals surface area contributed by atoms with Gasteiger partial charge in [-0.2, -0.15) is 0 Å². The van der Waals surface area contributed by atoms with Crippen molar-refractivity contribution in [3.05, 3.63) is 35.9 Å². The van der Waals surface area contributed by atoms with Gasteiger partial charge in [0, 0.05) is 0 Å². The molecule has 2 rings (SSSR count). The molecule has 0 aliphatic heterocycles. The summed E-state index contributed by atoms with van der Waals surface area (Å²) in [5, 5.41) is 9.57. The standard InChI is InChI=1S/C15H19NO3/c1-11(17)14(12-7-3-2-4-8-12)9-5-6-10-15(14,16)13(18)19/h2-4,7-8H,5-6,9-10,16H2,1H3,(H,18,19). The van der Waals surface area contributed by atoms with Crippen molar-refractivity contribution in [3.8, 4) is 0 Å². The number of carboxylic acids is 1. The molecule has 4 nitrogen and oxygen atoms in total. The zero-order valence-electron chi connectivity index (χ0n) is 11.1. The summed E-state index contributed by atoms with van der Waals surface area (Å²) in [4.78, 5) is 24.0. The van der Waals surface area contributed by atoms with Gasteiger partial charge in [-0.1, -0.05) is 43.2 Å². The minimum atomic E-state index is -1.52. The van der Waals surface area contributed by atoms with Gasteiger partial charge in [0.2, 0.25) is 0 Å². The fraction of sp³-hybridized carbons (Fsp3) is 0.467. The molecule has 0 radical (unpaired) electrons. The molecule has 0 aromatic heterocycles. The van der Waals surface area contributed by atoms with Crippen LogP contribution < -0.4 is 5.73 Å². The number of nitrogens with two attached hydrogens (primary N) is 1. The van der Waals surface area contributed by atoms with Gasteiger partial charge in [-0.3, -0.25) is 9.59 Å². The van der Waals surface area contributed by atoms with Crippen molar-refractivity contribution in [3.63, 3.8) is 0 Å². The Labute approximate surface area is 112 Å². The van der Waals surface area contributed by atoms with Crippen LogP contribution in [-0.2, 0) is 15.0 Å². The second-order valence-electron chi connectivity index (χ2n) is 5.31. The Balaban J connectivity index is 2.66. The van der Waals surface area contributed by atoms with Crippen molar-refractivity contribution >= 4 is 11.8 Å². The summed E-state index contributed by atoms with van der Waals surface area (Å²) >= 11 is 0. The number of ketones is 1. The topological polar surface area (TPSA) is 80.4 Å². The first-order valence-electron chi connectivity index (χ1n) is 6.54. The minimum absolute atomic E-state index is 0.164. The summed E-state index contributed by atoms with van der Waals surface area (Å²) in [5.41, 5.74) is 4.28. The molecule has 1 aliphatic carbocycles. The number of hydrogen-bond donors (Lipinski definition) is 2. The van der Waals surface area contributed by atoms with Gasteiger partial charge in [0.25, 0.3) is 0 Å². The molecule has 0 bridgehead atoms. The molecule has 3 N–H and O–H groups in total. The van der Waals surface area contributed by atoms with E-state index in [0.29, 0.717) is 18.4 Å². The average molecular weight is 261 g/mol. The van der Waals surface area contributed by atoms with Crippen molar-refractivity contribution in [2.24, 2.45) is 5.73 Å². The molecule has 1 aliphatic rings. The third kappa shape index (κ3) is 1.87. The van der Waals surface area contributed by atoms with Crippen LogP contribution in [0, 0.1) is 0 Å². The first kappa shape index (κ1) is 13.7. The Morgan fingerprint density at radius 3 is 2.26 bits per heavy atom. The Kier molecular flexibility index (Phi) is 3.45. The zero-order valence-corrected chi connectivity index (χ0v) is 11.1. The van der Waals surface area contributed by atoms with Crippen molar-refractivity contribution in [1.82, 2.24) is 0 Å². The van der Waals surface area contributed by atoms with Gasteiger partial charge in [-0.25, -0.2) is 0 Å². The van der Waals surface area contributed by atoms with E-state index in [0.717, 1.165) is 12.8 Å². The smallest absolute Gasteiger partial charge is 0.325 e. The molecule has 4 heteroatoms. The number of rotatable bonds is 3. The van der Waals surface area contributed by atoms with E-state index in [4.69, 9.17) is 5.73 Å². The molecule has 102 valence electrons. The number of carbonyl (C=O) groups is 2. The maximum absolute atomic E-state index is 12.3. The predicted molar refractivity (Wildman–Crippen MR) is 71.8 cm³/mol. The molecule has 1 aromatic rings. The van der Waals surface area contributed by atoms with E-state index < -0.39 is 16.9 Å². The first-order chi connectivity index (χ1) is 8.95. The highest BCUT2D eigenvalue weighted by Crippen LogP contribution is 2.46. The van der Waals surface area contributed by atoms with E-state index in [-0.39, 0.29) is 5.78 Å². The summed E-state index contributed by atoms with van der Waals surface area (Å²) in [7, 11) is 0. The summed E-state index contributed by atoms with van der Waals surface area (Å²) in [5.74, 6) is -1.26. The molecular formula is C15H19NO3. The number of carbonyl (C=O) groups excluding carboxylic acids is 1. The fourth-order valence-corrected chi connectivity index (χ4v) is 3.34. The number of hydrogen-bond acceptors (Lipinski definition) is 3. The number of benzene rings is 1. The highest BCUT2D eigenvalue weighted by Gasteiger charge is 2.59. The molecule has 2 atom stereocenters. The molecule has 0 heterocycles. The largest absolute Gasteiger partial charge is 0.480 e. The average Bonchev–Trinajstić information content (AvgIpc) is 2.40. The van der Waals surface area contributed by atoms with Crippen LogP contribution in [0.5, 0.6) is 0 Å². The zero-order chi connectivity index (χ0) is 14.1. The number of carboxylic acid groups (broad SMARTS) is 1. The Morgan fingerprint density at radius 1 is 1.16 bits per heavy atom. The van der Waals surface area contributed by atoms with Crippen molar-refractivity contribution in [2.45, 2.75) is 43.6 Å². The van der Waals surface area contributed by atoms with Gasteiger partial charge < -0.3 is 10.8 Å². The van der Waals surface area contributed by atoms with Crippen LogP contribution in [0.2, 0.25) is 0 Å². The van der Waals surface area contributed by atoms with E-state index >= 15 is 0 Å². The molecule has 19 heavy (non-hydrogen) atoms. The molecule has 1 aromatic carbocycles. The van der Waals surface area contributed by atoms with Crippen LogP contribution >= 0.6 is 0 Å². The van der Waals surface area contributed by atoms with Crippen LogP contribution in [0.3, 0.4) is 0 Å². The lowest BCUT2D eigenvalue weighted by atomic mass is 9.56. The van der Waals surface area contributed by atoms with E-state index in [1.807, 2.05) is 18.2 Å². The highest BCUT2D eigenvalue weighted by atomic mass is 16.4. The van der Waals surface area contributed by atoms with Crippen LogP contribution in [0.4, 0.5) is 0 Å². The van der Waals surface area contributed by atoms with E-state index in [9.17, 15) is 14.7 Å². The summed E-state index contributed by atoms with van der Waals surface area (Å²) in [6, 6.07) is 9.08. The fourth-order valence-electron chi connectivity index (χ4n) is 3.34. The third-order valence-electron chi connectivity index (χ3n) is 4.38. The Morgan fingerprint density at radius 2 is 1.74 bits per heavy atom. The molecule has 1 fully saturated rings. The van der Waals surface area contributed by atoms with Gasteiger partial charge in [0.05, 0.1) is 5.41 Å². The monoisotopic (exact) mass is 261 g/mol. The van der Waals surface area contributed by atoms with Gasteiger partial charge in [-0.05, 0) is 25.3 Å². The SMILES string of the molecule is CC(=O)C1(c2ccccc2)CCCCC1(N)C(=O)O. The lowest BCUT2D eigenvalue weighted by Crippen LogP contribution is -2.67. The molecule has 0 spiro atoms. The quantitative estimate of drug-likeness (QED) is 0.870. The van der Waals surface area contributed by atoms with Crippen molar-refractivity contribution in [2.75, 3.05) is 0 Å². The Bertz CT molecular complexity index is 499. The van der Waals surface area contributed by atoms with Crippen LogP contribution in [0.25, 0.3) is 0 Å². The molecule has 1 saturated carbocycles. The summed E-state index contributed by atoms with van der Waals surface area (Å²) < 4.78 is 0. The lowest BCUT2D eigenvalue weighted by molar-refractivity contribution is -0.152. The van der Waals surface area contributed by atoms with Crippen LogP contribution in [0.1, 0.15) is 38.2 Å². The summed E-state index contributed by atoms with van der Waals surface area (Å²) in [6.07, 6.45) is 2.39. The summed E-state index contributed by atoms with van der Waals surface area (Å²) in [6.45, 7) is 1.45. The second kappa shape index (κ2) is 4.78.